The third-order valence-corrected chi connectivity index (χ3v) is 4.57. The minimum absolute atomic E-state index is 0.0868. The van der Waals surface area contributed by atoms with Gasteiger partial charge in [0.15, 0.2) is 0 Å². The highest BCUT2D eigenvalue weighted by Gasteiger charge is 2.21. The second-order valence-electron chi connectivity index (χ2n) is 6.41. The Kier molecular flexibility index (Phi) is 6.53. The van der Waals surface area contributed by atoms with Crippen molar-refractivity contribution in [2.75, 3.05) is 25.1 Å². The van der Waals surface area contributed by atoms with Gasteiger partial charge in [0.1, 0.15) is 0 Å². The molecule has 1 saturated heterocycles. The molecule has 0 unspecified atom stereocenters. The zero-order valence-electron chi connectivity index (χ0n) is 14.6. The lowest BCUT2D eigenvalue weighted by Crippen LogP contribution is -2.36. The zero-order valence-corrected chi connectivity index (χ0v) is 14.6. The monoisotopic (exact) mass is 337 g/mol. The summed E-state index contributed by atoms with van der Waals surface area (Å²) in [6.45, 7) is 5.75. The predicted molar refractivity (Wildman–Crippen MR) is 93.2 cm³/mol. The molecule has 0 amide bonds. The van der Waals surface area contributed by atoms with Crippen LogP contribution in [-0.2, 0) is 16.1 Å². The Labute approximate surface area is 142 Å². The van der Waals surface area contributed by atoms with E-state index in [1.54, 1.807) is 19.2 Å². The van der Waals surface area contributed by atoms with E-state index in [2.05, 4.69) is 4.90 Å². The fraction of sp³-hybridized carbons (Fsp3) is 0.647. The number of ether oxygens (including phenoxy) is 2. The van der Waals surface area contributed by atoms with Gasteiger partial charge < -0.3 is 20.1 Å². The maximum absolute atomic E-state index is 11.2. The van der Waals surface area contributed by atoms with Crippen molar-refractivity contribution in [2.24, 2.45) is 5.73 Å². The smallest absolute Gasteiger partial charge is 0.271 e. The van der Waals surface area contributed by atoms with Crippen LogP contribution in [0.25, 0.3) is 0 Å². The number of nitro benzene ring substituents is 1. The molecule has 1 fully saturated rings. The topological polar surface area (TPSA) is 90.9 Å². The minimum Gasteiger partial charge on any atom is -0.381 e. The van der Waals surface area contributed by atoms with Crippen molar-refractivity contribution >= 4 is 11.4 Å². The maximum atomic E-state index is 11.2. The number of rotatable bonds is 7. The molecular weight excluding hydrogens is 310 g/mol. The Morgan fingerprint density at radius 3 is 2.54 bits per heavy atom. The highest BCUT2D eigenvalue weighted by atomic mass is 16.6. The van der Waals surface area contributed by atoms with Crippen molar-refractivity contribution in [1.82, 2.24) is 0 Å². The van der Waals surface area contributed by atoms with E-state index in [1.165, 1.54) is 0 Å². The number of methoxy groups -OCH3 is 1. The lowest BCUT2D eigenvalue weighted by atomic mass is 10.1. The molecule has 134 valence electrons. The number of anilines is 1. The predicted octanol–water partition coefficient (Wildman–Crippen LogP) is 2.46. The van der Waals surface area contributed by atoms with E-state index in [4.69, 9.17) is 15.2 Å². The number of nitrogens with zero attached hydrogens (tertiary/aromatic N) is 2. The van der Waals surface area contributed by atoms with Gasteiger partial charge in [-0.25, -0.2) is 0 Å². The lowest BCUT2D eigenvalue weighted by molar-refractivity contribution is -0.384. The number of non-ortho nitro benzene ring substituents is 1. The molecular formula is C17H27N3O4. The van der Waals surface area contributed by atoms with Gasteiger partial charge in [-0.05, 0) is 38.3 Å². The molecule has 1 aromatic carbocycles. The van der Waals surface area contributed by atoms with E-state index in [1.807, 2.05) is 19.9 Å². The van der Waals surface area contributed by atoms with Crippen molar-refractivity contribution in [1.29, 1.82) is 0 Å². The second-order valence-corrected chi connectivity index (χ2v) is 6.41. The number of nitrogens with two attached hydrogens (primary N) is 1. The summed E-state index contributed by atoms with van der Waals surface area (Å²) in [5, 5.41) is 11.2. The average Bonchev–Trinajstić information content (AvgIpc) is 2.59. The van der Waals surface area contributed by atoms with Crippen molar-refractivity contribution in [2.45, 2.75) is 51.5 Å². The molecule has 24 heavy (non-hydrogen) atoms. The normalized spacial score (nSPS) is 18.4. The summed E-state index contributed by atoms with van der Waals surface area (Å²) >= 11 is 0. The zero-order chi connectivity index (χ0) is 17.7. The van der Waals surface area contributed by atoms with E-state index in [0.717, 1.165) is 37.2 Å². The van der Waals surface area contributed by atoms with Gasteiger partial charge in [0.05, 0.1) is 23.7 Å². The minimum atomic E-state index is -0.357. The Morgan fingerprint density at radius 1 is 1.33 bits per heavy atom. The molecule has 2 atom stereocenters. The summed E-state index contributed by atoms with van der Waals surface area (Å²) in [5.41, 5.74) is 7.55. The maximum Gasteiger partial charge on any atom is 0.271 e. The third-order valence-electron chi connectivity index (χ3n) is 4.57. The van der Waals surface area contributed by atoms with Crippen LogP contribution in [0, 0.1) is 10.1 Å². The molecule has 0 aliphatic carbocycles. The number of nitro groups is 1. The van der Waals surface area contributed by atoms with Crippen LogP contribution in [0.15, 0.2) is 18.2 Å². The second kappa shape index (κ2) is 8.41. The first kappa shape index (κ1) is 18.6. The van der Waals surface area contributed by atoms with E-state index >= 15 is 0 Å². The lowest BCUT2D eigenvalue weighted by Gasteiger charge is -2.33. The van der Waals surface area contributed by atoms with Gasteiger partial charge in [-0.1, -0.05) is 0 Å². The number of hydrogen-bond acceptors (Lipinski definition) is 6. The Morgan fingerprint density at radius 2 is 2.00 bits per heavy atom. The summed E-state index contributed by atoms with van der Waals surface area (Å²) < 4.78 is 11.1. The molecule has 0 aromatic heterocycles. The molecule has 1 aromatic rings. The first-order chi connectivity index (χ1) is 11.4. The van der Waals surface area contributed by atoms with Crippen LogP contribution in [0.5, 0.6) is 0 Å². The van der Waals surface area contributed by atoms with Crippen LogP contribution >= 0.6 is 0 Å². The van der Waals surface area contributed by atoms with E-state index in [0.29, 0.717) is 6.61 Å². The first-order valence-corrected chi connectivity index (χ1v) is 8.34. The molecule has 0 saturated carbocycles. The molecule has 2 N–H and O–H groups in total. The van der Waals surface area contributed by atoms with E-state index in [9.17, 15) is 10.1 Å². The fourth-order valence-corrected chi connectivity index (χ4v) is 2.76. The summed E-state index contributed by atoms with van der Waals surface area (Å²) in [4.78, 5) is 13.0. The largest absolute Gasteiger partial charge is 0.381 e. The van der Waals surface area contributed by atoms with Crippen LogP contribution in [0.3, 0.4) is 0 Å². The first-order valence-electron chi connectivity index (χ1n) is 8.34. The quantitative estimate of drug-likeness (QED) is 0.607. The van der Waals surface area contributed by atoms with Gasteiger partial charge >= 0.3 is 0 Å². The van der Waals surface area contributed by atoms with Gasteiger partial charge in [-0.15, -0.1) is 0 Å². The fourth-order valence-electron chi connectivity index (χ4n) is 2.76. The molecule has 1 aliphatic rings. The number of benzene rings is 1. The number of hydrogen-bond donors (Lipinski definition) is 1. The van der Waals surface area contributed by atoms with Crippen molar-refractivity contribution in [3.63, 3.8) is 0 Å². The van der Waals surface area contributed by atoms with Gasteiger partial charge in [-0.3, -0.25) is 10.1 Å². The van der Waals surface area contributed by atoms with E-state index in [-0.39, 0.29) is 28.9 Å². The molecule has 7 nitrogen and oxygen atoms in total. The van der Waals surface area contributed by atoms with Crippen LogP contribution in [0.4, 0.5) is 11.4 Å². The SMILES string of the molecule is COC1CCN(c2cc(CO[C@H](C)[C@@H](C)N)cc([N+](=O)[O-])c2)CC1. The highest BCUT2D eigenvalue weighted by Crippen LogP contribution is 2.27. The third kappa shape index (κ3) is 4.90. The van der Waals surface area contributed by atoms with Crippen molar-refractivity contribution in [3.05, 3.63) is 33.9 Å². The summed E-state index contributed by atoms with van der Waals surface area (Å²) in [5.74, 6) is 0. The molecule has 1 heterocycles. The van der Waals surface area contributed by atoms with Gasteiger partial charge in [0, 0.05) is 44.1 Å². The van der Waals surface area contributed by atoms with Crippen LogP contribution in [0.2, 0.25) is 0 Å². The molecule has 0 radical (unpaired) electrons. The highest BCUT2D eigenvalue weighted by molar-refractivity contribution is 5.56. The van der Waals surface area contributed by atoms with Crippen LogP contribution in [0.1, 0.15) is 32.3 Å². The molecule has 0 bridgehead atoms. The molecule has 2 rings (SSSR count). The molecule has 7 heteroatoms. The molecule has 0 spiro atoms. The summed E-state index contributed by atoms with van der Waals surface area (Å²) in [6.07, 6.45) is 2.01. The van der Waals surface area contributed by atoms with E-state index < -0.39 is 0 Å². The van der Waals surface area contributed by atoms with Crippen LogP contribution in [-0.4, -0.2) is 43.4 Å². The Bertz CT molecular complexity index is 557. The van der Waals surface area contributed by atoms with Gasteiger partial charge in [-0.2, -0.15) is 0 Å². The number of piperidine rings is 1. The summed E-state index contributed by atoms with van der Waals surface area (Å²) in [7, 11) is 1.72. The Balaban J connectivity index is 2.14. The standard InChI is InChI=1S/C17H27N3O4/c1-12(18)13(2)24-11-14-8-15(10-16(9-14)20(21)22)19-6-4-17(23-3)5-7-19/h8-10,12-13,17H,4-7,11,18H2,1-3H3/t12-,13-/m1/s1. The average molecular weight is 337 g/mol. The van der Waals surface area contributed by atoms with Gasteiger partial charge in [0.2, 0.25) is 0 Å². The van der Waals surface area contributed by atoms with Crippen molar-refractivity contribution in [3.8, 4) is 0 Å². The summed E-state index contributed by atoms with van der Waals surface area (Å²) in [6, 6.07) is 5.08. The van der Waals surface area contributed by atoms with Gasteiger partial charge in [0.25, 0.3) is 5.69 Å². The Hall–Kier alpha value is -1.70. The van der Waals surface area contributed by atoms with Crippen LogP contribution < -0.4 is 10.6 Å². The molecule has 1 aliphatic heterocycles. The van der Waals surface area contributed by atoms with Crippen molar-refractivity contribution < 1.29 is 14.4 Å².